The number of halogens is 1. The third-order valence-electron chi connectivity index (χ3n) is 3.29. The molecule has 2 nitrogen and oxygen atoms in total. The molecule has 0 fully saturated rings. The van der Waals surface area contributed by atoms with Gasteiger partial charge in [0.1, 0.15) is 5.82 Å². The summed E-state index contributed by atoms with van der Waals surface area (Å²) in [6, 6.07) is 14.3. The molecule has 0 aliphatic heterocycles. The maximum absolute atomic E-state index is 14.0. The van der Waals surface area contributed by atoms with E-state index >= 15 is 0 Å². The first-order valence-corrected chi connectivity index (χ1v) is 6.82. The van der Waals surface area contributed by atoms with E-state index in [1.54, 1.807) is 30.0 Å². The van der Waals surface area contributed by atoms with Gasteiger partial charge in [0.15, 0.2) is 0 Å². The summed E-state index contributed by atoms with van der Waals surface area (Å²) < 4.78 is 14.0. The number of aryl methyl sites for hydroxylation is 1. The molecule has 3 heteroatoms. The fourth-order valence-corrected chi connectivity index (χ4v) is 2.24. The van der Waals surface area contributed by atoms with Crippen LogP contribution in [-0.2, 0) is 6.54 Å². The van der Waals surface area contributed by atoms with Crippen LogP contribution in [0.1, 0.15) is 21.5 Å². The van der Waals surface area contributed by atoms with Crippen LogP contribution >= 0.6 is 0 Å². The normalized spacial score (nSPS) is 10.2. The molecule has 2 rings (SSSR count). The van der Waals surface area contributed by atoms with Gasteiger partial charge in [-0.2, -0.15) is 0 Å². The summed E-state index contributed by atoms with van der Waals surface area (Å²) in [4.78, 5) is 14.2. The first-order chi connectivity index (χ1) is 10.1. The Kier molecular flexibility index (Phi) is 4.88. The van der Waals surface area contributed by atoms with Crippen molar-refractivity contribution < 1.29 is 9.18 Å². The quantitative estimate of drug-likeness (QED) is 0.761. The molecule has 0 heterocycles. The van der Waals surface area contributed by atoms with Crippen LogP contribution in [0.15, 0.2) is 61.2 Å². The Morgan fingerprint density at radius 3 is 2.52 bits per heavy atom. The van der Waals surface area contributed by atoms with Gasteiger partial charge in [0.25, 0.3) is 5.91 Å². The zero-order valence-corrected chi connectivity index (χ0v) is 12.1. The van der Waals surface area contributed by atoms with E-state index in [4.69, 9.17) is 0 Å². The van der Waals surface area contributed by atoms with Crippen LogP contribution < -0.4 is 0 Å². The molecule has 1 amide bonds. The van der Waals surface area contributed by atoms with Crippen LogP contribution in [-0.4, -0.2) is 17.4 Å². The highest BCUT2D eigenvalue weighted by molar-refractivity contribution is 5.96. The molecule has 0 radical (unpaired) electrons. The van der Waals surface area contributed by atoms with Gasteiger partial charge >= 0.3 is 0 Å². The number of rotatable bonds is 5. The maximum Gasteiger partial charge on any atom is 0.257 e. The lowest BCUT2D eigenvalue weighted by Crippen LogP contribution is -2.32. The Morgan fingerprint density at radius 2 is 1.90 bits per heavy atom. The fourth-order valence-electron chi connectivity index (χ4n) is 2.24. The Bertz CT molecular complexity index is 617. The molecule has 0 aliphatic carbocycles. The highest BCUT2D eigenvalue weighted by Crippen LogP contribution is 2.17. The molecule has 0 aliphatic rings. The molecule has 0 N–H and O–H groups in total. The molecule has 0 atom stereocenters. The first-order valence-electron chi connectivity index (χ1n) is 6.82. The highest BCUT2D eigenvalue weighted by Gasteiger charge is 2.20. The van der Waals surface area contributed by atoms with Crippen molar-refractivity contribution in [2.75, 3.05) is 6.54 Å². The minimum absolute atomic E-state index is 0.135. The lowest BCUT2D eigenvalue weighted by molar-refractivity contribution is 0.0757. The van der Waals surface area contributed by atoms with E-state index in [9.17, 15) is 9.18 Å². The van der Waals surface area contributed by atoms with Gasteiger partial charge in [-0.1, -0.05) is 48.5 Å². The number of hydrogen-bond acceptors (Lipinski definition) is 1. The van der Waals surface area contributed by atoms with Gasteiger partial charge in [0.05, 0.1) is 5.56 Å². The topological polar surface area (TPSA) is 20.3 Å². The summed E-state index contributed by atoms with van der Waals surface area (Å²) in [5, 5.41) is 0. The molecule has 21 heavy (non-hydrogen) atoms. The van der Waals surface area contributed by atoms with E-state index in [0.717, 1.165) is 5.56 Å². The summed E-state index contributed by atoms with van der Waals surface area (Å²) in [6.45, 7) is 6.22. The van der Waals surface area contributed by atoms with Crippen LogP contribution in [0.4, 0.5) is 4.39 Å². The molecule has 0 aromatic heterocycles. The third kappa shape index (κ3) is 3.57. The Labute approximate surface area is 124 Å². The number of nitrogens with zero attached hydrogens (tertiary/aromatic N) is 1. The average molecular weight is 283 g/mol. The van der Waals surface area contributed by atoms with Crippen molar-refractivity contribution in [3.63, 3.8) is 0 Å². The summed E-state index contributed by atoms with van der Waals surface area (Å²) in [5.74, 6) is -0.795. The predicted molar refractivity (Wildman–Crippen MR) is 82.5 cm³/mol. The molecule has 108 valence electrons. The molecule has 0 saturated heterocycles. The van der Waals surface area contributed by atoms with Gasteiger partial charge in [0.2, 0.25) is 0 Å². The van der Waals surface area contributed by atoms with Gasteiger partial charge in [-0.3, -0.25) is 4.79 Å². The number of carbonyl (C=O) groups excluding carboxylic acids is 1. The summed E-state index contributed by atoms with van der Waals surface area (Å²) in [6.07, 6.45) is 1.65. The molecule has 0 bridgehead atoms. The number of hydrogen-bond donors (Lipinski definition) is 0. The molecule has 2 aromatic rings. The molecule has 0 spiro atoms. The predicted octanol–water partition coefficient (Wildman–Crippen LogP) is 3.96. The molecule has 0 unspecified atom stereocenters. The molecule has 0 saturated carbocycles. The zero-order valence-electron chi connectivity index (χ0n) is 12.1. The Morgan fingerprint density at radius 1 is 1.19 bits per heavy atom. The monoisotopic (exact) mass is 283 g/mol. The molecule has 2 aromatic carbocycles. The van der Waals surface area contributed by atoms with Crippen molar-refractivity contribution in [2.45, 2.75) is 13.5 Å². The SMILES string of the molecule is C=CCN(Cc1ccccc1)C(=O)c1c(C)cccc1F. The average Bonchev–Trinajstić information content (AvgIpc) is 2.47. The van der Waals surface area contributed by atoms with Crippen LogP contribution in [0.3, 0.4) is 0 Å². The van der Waals surface area contributed by atoms with Crippen molar-refractivity contribution in [3.05, 3.63) is 83.7 Å². The second-order valence-corrected chi connectivity index (χ2v) is 4.89. The van der Waals surface area contributed by atoms with Crippen molar-refractivity contribution >= 4 is 5.91 Å². The Hall–Kier alpha value is -2.42. The Balaban J connectivity index is 2.29. The van der Waals surface area contributed by atoms with Crippen LogP contribution in [0.2, 0.25) is 0 Å². The molecular formula is C18H18FNO. The van der Waals surface area contributed by atoms with Crippen molar-refractivity contribution in [3.8, 4) is 0 Å². The van der Waals surface area contributed by atoms with Crippen molar-refractivity contribution in [1.29, 1.82) is 0 Å². The summed E-state index contributed by atoms with van der Waals surface area (Å²) in [7, 11) is 0. The van der Waals surface area contributed by atoms with Gasteiger partial charge in [0, 0.05) is 13.1 Å². The van der Waals surface area contributed by atoms with E-state index in [1.165, 1.54) is 6.07 Å². The third-order valence-corrected chi connectivity index (χ3v) is 3.29. The van der Waals surface area contributed by atoms with Crippen LogP contribution in [0.5, 0.6) is 0 Å². The van der Waals surface area contributed by atoms with Gasteiger partial charge in [-0.05, 0) is 24.1 Å². The van der Waals surface area contributed by atoms with E-state index in [1.807, 2.05) is 30.3 Å². The minimum atomic E-state index is -0.484. The lowest BCUT2D eigenvalue weighted by Gasteiger charge is -2.22. The zero-order chi connectivity index (χ0) is 15.2. The van der Waals surface area contributed by atoms with E-state index in [2.05, 4.69) is 6.58 Å². The lowest BCUT2D eigenvalue weighted by atomic mass is 10.1. The number of carbonyl (C=O) groups is 1. The summed E-state index contributed by atoms with van der Waals surface area (Å²) >= 11 is 0. The smallest absolute Gasteiger partial charge is 0.257 e. The highest BCUT2D eigenvalue weighted by atomic mass is 19.1. The minimum Gasteiger partial charge on any atom is -0.331 e. The number of benzene rings is 2. The van der Waals surface area contributed by atoms with Crippen molar-refractivity contribution in [1.82, 2.24) is 4.90 Å². The van der Waals surface area contributed by atoms with Gasteiger partial charge in [-0.15, -0.1) is 6.58 Å². The molecular weight excluding hydrogens is 265 g/mol. The second-order valence-electron chi connectivity index (χ2n) is 4.89. The first kappa shape index (κ1) is 15.0. The van der Waals surface area contributed by atoms with Gasteiger partial charge in [-0.25, -0.2) is 4.39 Å². The second kappa shape index (κ2) is 6.84. The van der Waals surface area contributed by atoms with Crippen LogP contribution in [0.25, 0.3) is 0 Å². The standard InChI is InChI=1S/C18H18FNO/c1-3-12-20(13-15-9-5-4-6-10-15)18(21)17-14(2)8-7-11-16(17)19/h3-11H,1,12-13H2,2H3. The maximum atomic E-state index is 14.0. The summed E-state index contributed by atoms with van der Waals surface area (Å²) in [5.41, 5.74) is 1.78. The van der Waals surface area contributed by atoms with E-state index < -0.39 is 5.82 Å². The number of amides is 1. The van der Waals surface area contributed by atoms with Crippen LogP contribution in [0, 0.1) is 12.7 Å². The van der Waals surface area contributed by atoms with E-state index in [-0.39, 0.29) is 11.5 Å². The fraction of sp³-hybridized carbons (Fsp3) is 0.167. The van der Waals surface area contributed by atoms with Crippen molar-refractivity contribution in [2.24, 2.45) is 0 Å². The van der Waals surface area contributed by atoms with Gasteiger partial charge < -0.3 is 4.90 Å². The van der Waals surface area contributed by atoms with E-state index in [0.29, 0.717) is 18.7 Å². The largest absolute Gasteiger partial charge is 0.331 e.